The molecule has 0 amide bonds. The summed E-state index contributed by atoms with van der Waals surface area (Å²) in [5, 5.41) is 8.91. The number of hydrogen-bond acceptors (Lipinski definition) is 3. The van der Waals surface area contributed by atoms with Crippen LogP contribution in [0.4, 0.5) is 0 Å². The lowest BCUT2D eigenvalue weighted by Gasteiger charge is -2.03. The van der Waals surface area contributed by atoms with E-state index in [-0.39, 0.29) is 0 Å². The van der Waals surface area contributed by atoms with Gasteiger partial charge in [-0.1, -0.05) is 37.6 Å². The molecule has 20 heavy (non-hydrogen) atoms. The predicted octanol–water partition coefficient (Wildman–Crippen LogP) is 2.72. The minimum absolute atomic E-state index is 0.567. The SMILES string of the molecule is CCCCS(=O)c1nnc2n1C=Cc1ccccc1C2. The fraction of sp³-hybridized carbons (Fsp3) is 0.333. The van der Waals surface area contributed by atoms with Crippen LogP contribution in [0, 0.1) is 0 Å². The van der Waals surface area contributed by atoms with Crippen LogP contribution in [0.25, 0.3) is 12.3 Å². The monoisotopic (exact) mass is 287 g/mol. The molecular formula is C15H17N3OS. The summed E-state index contributed by atoms with van der Waals surface area (Å²) in [7, 11) is -1.08. The third-order valence-electron chi connectivity index (χ3n) is 3.43. The quantitative estimate of drug-likeness (QED) is 0.741. The second-order valence-corrected chi connectivity index (χ2v) is 6.33. The summed E-state index contributed by atoms with van der Waals surface area (Å²) in [5.74, 6) is 1.50. The Morgan fingerprint density at radius 3 is 3.00 bits per heavy atom. The van der Waals surface area contributed by atoms with Crippen LogP contribution in [0.2, 0.25) is 0 Å². The highest BCUT2D eigenvalue weighted by Gasteiger charge is 2.18. The number of fused-ring (bicyclic) bond motifs is 2. The van der Waals surface area contributed by atoms with E-state index in [1.165, 1.54) is 11.1 Å². The van der Waals surface area contributed by atoms with Crippen molar-refractivity contribution in [3.05, 3.63) is 41.2 Å². The molecule has 1 aliphatic rings. The van der Waals surface area contributed by atoms with E-state index < -0.39 is 10.8 Å². The van der Waals surface area contributed by atoms with Gasteiger partial charge in [-0.05, 0) is 23.6 Å². The maximum atomic E-state index is 12.3. The van der Waals surface area contributed by atoms with Crippen molar-refractivity contribution in [3.8, 4) is 0 Å². The number of rotatable bonds is 4. The number of aromatic nitrogens is 3. The average Bonchev–Trinajstić information content (AvgIpc) is 2.77. The summed E-state index contributed by atoms with van der Waals surface area (Å²) >= 11 is 0. The van der Waals surface area contributed by atoms with Crippen LogP contribution >= 0.6 is 0 Å². The number of benzene rings is 1. The summed E-state index contributed by atoms with van der Waals surface area (Å²) in [5.41, 5.74) is 2.41. The number of nitrogens with zero attached hydrogens (tertiary/aromatic N) is 3. The molecule has 0 saturated heterocycles. The predicted molar refractivity (Wildman–Crippen MR) is 80.7 cm³/mol. The van der Waals surface area contributed by atoms with Crippen molar-refractivity contribution < 1.29 is 4.21 Å². The first kappa shape index (κ1) is 13.2. The summed E-state index contributed by atoms with van der Waals surface area (Å²) < 4.78 is 14.2. The molecule has 0 fully saturated rings. The topological polar surface area (TPSA) is 47.8 Å². The Bertz CT molecular complexity index is 676. The fourth-order valence-corrected chi connectivity index (χ4v) is 3.53. The molecule has 5 heteroatoms. The first-order chi connectivity index (χ1) is 9.79. The van der Waals surface area contributed by atoms with Gasteiger partial charge in [0.15, 0.2) is 0 Å². The summed E-state index contributed by atoms with van der Waals surface area (Å²) in [4.78, 5) is 0. The lowest BCUT2D eigenvalue weighted by molar-refractivity contribution is 0.669. The first-order valence-electron chi connectivity index (χ1n) is 6.88. The van der Waals surface area contributed by atoms with Crippen molar-refractivity contribution in [1.29, 1.82) is 0 Å². The molecule has 1 aromatic carbocycles. The Balaban J connectivity index is 1.95. The molecule has 0 radical (unpaired) electrons. The van der Waals surface area contributed by atoms with Gasteiger partial charge < -0.3 is 0 Å². The molecular weight excluding hydrogens is 270 g/mol. The third-order valence-corrected chi connectivity index (χ3v) is 4.77. The smallest absolute Gasteiger partial charge is 0.225 e. The molecule has 0 spiro atoms. The van der Waals surface area contributed by atoms with Gasteiger partial charge in [0, 0.05) is 18.4 Å². The van der Waals surface area contributed by atoms with E-state index >= 15 is 0 Å². The van der Waals surface area contributed by atoms with Crippen LogP contribution in [0.5, 0.6) is 0 Å². The van der Waals surface area contributed by atoms with Crippen molar-refractivity contribution in [3.63, 3.8) is 0 Å². The van der Waals surface area contributed by atoms with Gasteiger partial charge in [-0.3, -0.25) is 8.78 Å². The number of hydrogen-bond donors (Lipinski definition) is 0. The van der Waals surface area contributed by atoms with E-state index in [1.807, 2.05) is 29.0 Å². The Morgan fingerprint density at radius 1 is 1.30 bits per heavy atom. The molecule has 104 valence electrons. The van der Waals surface area contributed by atoms with Crippen LogP contribution in [0.3, 0.4) is 0 Å². The van der Waals surface area contributed by atoms with Crippen LogP contribution in [0.15, 0.2) is 29.4 Å². The molecule has 0 N–H and O–H groups in total. The maximum Gasteiger partial charge on any atom is 0.225 e. The summed E-state index contributed by atoms with van der Waals surface area (Å²) in [6, 6.07) is 8.23. The molecule has 2 aromatic rings. The lowest BCUT2D eigenvalue weighted by atomic mass is 10.1. The van der Waals surface area contributed by atoms with Crippen LogP contribution in [-0.2, 0) is 17.2 Å². The van der Waals surface area contributed by atoms with Gasteiger partial charge in [-0.15, -0.1) is 10.2 Å². The Labute approximate surface area is 121 Å². The molecule has 0 aliphatic carbocycles. The average molecular weight is 287 g/mol. The largest absolute Gasteiger partial charge is 0.279 e. The Hall–Kier alpha value is -1.75. The van der Waals surface area contributed by atoms with E-state index in [1.54, 1.807) is 0 Å². The van der Waals surface area contributed by atoms with Gasteiger partial charge >= 0.3 is 0 Å². The maximum absolute atomic E-state index is 12.3. The van der Waals surface area contributed by atoms with E-state index in [9.17, 15) is 4.21 Å². The van der Waals surface area contributed by atoms with Crippen LogP contribution < -0.4 is 0 Å². The van der Waals surface area contributed by atoms with Gasteiger partial charge in [-0.25, -0.2) is 0 Å². The molecule has 1 unspecified atom stereocenters. The van der Waals surface area contributed by atoms with Crippen molar-refractivity contribution >= 4 is 23.1 Å². The molecule has 1 aliphatic heterocycles. The van der Waals surface area contributed by atoms with Gasteiger partial charge in [0.25, 0.3) is 0 Å². The fourth-order valence-electron chi connectivity index (χ4n) is 2.28. The molecule has 1 atom stereocenters. The minimum atomic E-state index is -1.08. The summed E-state index contributed by atoms with van der Waals surface area (Å²) in [6.45, 7) is 2.10. The van der Waals surface area contributed by atoms with Gasteiger partial charge in [0.2, 0.25) is 5.16 Å². The molecule has 2 heterocycles. The lowest BCUT2D eigenvalue weighted by Crippen LogP contribution is -2.06. The van der Waals surface area contributed by atoms with E-state index in [2.05, 4.69) is 29.3 Å². The van der Waals surface area contributed by atoms with Crippen molar-refractivity contribution in [2.24, 2.45) is 0 Å². The molecule has 0 saturated carbocycles. The molecule has 4 nitrogen and oxygen atoms in total. The first-order valence-corrected chi connectivity index (χ1v) is 8.19. The standard InChI is InChI=1S/C15H17N3OS/c1-2-3-10-20(19)15-17-16-14-11-13-7-5-4-6-12(13)8-9-18(14)15/h4-9H,2-3,10-11H2,1H3. The van der Waals surface area contributed by atoms with E-state index in [4.69, 9.17) is 0 Å². The highest BCUT2D eigenvalue weighted by atomic mass is 32.2. The Kier molecular flexibility index (Phi) is 3.78. The van der Waals surface area contributed by atoms with Gasteiger partial charge in [-0.2, -0.15) is 0 Å². The van der Waals surface area contributed by atoms with Crippen molar-refractivity contribution in [1.82, 2.24) is 14.8 Å². The zero-order chi connectivity index (χ0) is 13.9. The van der Waals surface area contributed by atoms with Crippen molar-refractivity contribution in [2.75, 3.05) is 5.75 Å². The molecule has 1 aromatic heterocycles. The summed E-state index contributed by atoms with van der Waals surface area (Å²) in [6.07, 6.45) is 6.67. The van der Waals surface area contributed by atoms with Crippen LogP contribution in [0.1, 0.15) is 36.7 Å². The molecule has 3 rings (SSSR count). The second kappa shape index (κ2) is 5.71. The minimum Gasteiger partial charge on any atom is -0.279 e. The Morgan fingerprint density at radius 2 is 2.15 bits per heavy atom. The van der Waals surface area contributed by atoms with E-state index in [0.29, 0.717) is 10.9 Å². The highest BCUT2D eigenvalue weighted by Crippen LogP contribution is 2.21. The van der Waals surface area contributed by atoms with Crippen LogP contribution in [-0.4, -0.2) is 24.7 Å². The van der Waals surface area contributed by atoms with Gasteiger partial charge in [0.1, 0.15) is 5.82 Å². The molecule has 0 bridgehead atoms. The number of unbranched alkanes of at least 4 members (excludes halogenated alkanes) is 1. The van der Waals surface area contributed by atoms with Crippen molar-refractivity contribution in [2.45, 2.75) is 31.3 Å². The third kappa shape index (κ3) is 2.45. The van der Waals surface area contributed by atoms with E-state index in [0.717, 1.165) is 25.1 Å². The highest BCUT2D eigenvalue weighted by molar-refractivity contribution is 7.84. The van der Waals surface area contributed by atoms with Gasteiger partial charge in [0.05, 0.1) is 10.8 Å². The zero-order valence-corrected chi connectivity index (χ0v) is 12.3. The normalized spacial score (nSPS) is 14.4. The second-order valence-electron chi connectivity index (χ2n) is 4.86. The zero-order valence-electron chi connectivity index (χ0n) is 11.5.